The Morgan fingerprint density at radius 1 is 1.00 bits per heavy atom. The number of ether oxygens (including phenoxy) is 2. The van der Waals surface area contributed by atoms with Gasteiger partial charge in [-0.05, 0) is 50.0 Å². The first-order valence-corrected chi connectivity index (χ1v) is 9.57. The SMILES string of the molecule is CNCC1CCN(C(=O)COc2ccccc2OCc2ccccc2)CC1. The summed E-state index contributed by atoms with van der Waals surface area (Å²) in [7, 11) is 1.97. The van der Waals surface area contributed by atoms with Crippen molar-refractivity contribution in [3.05, 3.63) is 60.2 Å². The minimum Gasteiger partial charge on any atom is -0.485 e. The third-order valence-electron chi connectivity index (χ3n) is 4.90. The molecule has 1 aliphatic rings. The van der Waals surface area contributed by atoms with Gasteiger partial charge in [-0.25, -0.2) is 0 Å². The van der Waals surface area contributed by atoms with Gasteiger partial charge in [0.2, 0.25) is 0 Å². The summed E-state index contributed by atoms with van der Waals surface area (Å²) in [6.07, 6.45) is 2.09. The summed E-state index contributed by atoms with van der Waals surface area (Å²) in [4.78, 5) is 14.4. The number of piperidine rings is 1. The summed E-state index contributed by atoms with van der Waals surface area (Å²) >= 11 is 0. The number of hydrogen-bond donors (Lipinski definition) is 1. The van der Waals surface area contributed by atoms with E-state index in [1.54, 1.807) is 0 Å². The average Bonchev–Trinajstić information content (AvgIpc) is 2.72. The van der Waals surface area contributed by atoms with E-state index in [0.29, 0.717) is 24.0 Å². The van der Waals surface area contributed by atoms with E-state index in [9.17, 15) is 4.79 Å². The molecule has 0 bridgehead atoms. The van der Waals surface area contributed by atoms with E-state index in [0.717, 1.165) is 38.0 Å². The zero-order chi connectivity index (χ0) is 18.9. The molecule has 1 heterocycles. The van der Waals surface area contributed by atoms with Gasteiger partial charge >= 0.3 is 0 Å². The van der Waals surface area contributed by atoms with Crippen molar-refractivity contribution in [2.24, 2.45) is 5.92 Å². The van der Waals surface area contributed by atoms with Crippen LogP contribution in [0.4, 0.5) is 0 Å². The standard InChI is InChI=1S/C22H28N2O3/c1-23-15-18-11-13-24(14-12-18)22(25)17-27-21-10-6-5-9-20(21)26-16-19-7-3-2-4-8-19/h2-10,18,23H,11-17H2,1H3. The van der Waals surface area contributed by atoms with Crippen molar-refractivity contribution in [3.63, 3.8) is 0 Å². The lowest BCUT2D eigenvalue weighted by atomic mass is 9.97. The molecule has 0 unspecified atom stereocenters. The summed E-state index contributed by atoms with van der Waals surface area (Å²) in [5.74, 6) is 1.96. The molecular formula is C22H28N2O3. The van der Waals surface area contributed by atoms with E-state index in [1.165, 1.54) is 0 Å². The maximum atomic E-state index is 12.5. The van der Waals surface area contributed by atoms with E-state index < -0.39 is 0 Å². The third-order valence-corrected chi connectivity index (χ3v) is 4.90. The van der Waals surface area contributed by atoms with Gasteiger partial charge in [0.25, 0.3) is 5.91 Å². The van der Waals surface area contributed by atoms with Gasteiger partial charge in [0, 0.05) is 13.1 Å². The van der Waals surface area contributed by atoms with Crippen LogP contribution in [-0.2, 0) is 11.4 Å². The molecule has 2 aromatic carbocycles. The third kappa shape index (κ3) is 5.73. The van der Waals surface area contributed by atoms with Crippen LogP contribution >= 0.6 is 0 Å². The molecule has 2 aromatic rings. The van der Waals surface area contributed by atoms with E-state index in [2.05, 4.69) is 5.32 Å². The van der Waals surface area contributed by atoms with Crippen molar-refractivity contribution in [2.45, 2.75) is 19.4 Å². The number of benzene rings is 2. The predicted octanol–water partition coefficient (Wildman–Crippen LogP) is 3.10. The molecule has 0 spiro atoms. The molecule has 5 heteroatoms. The number of likely N-dealkylation sites (tertiary alicyclic amines) is 1. The second kappa shape index (κ2) is 9.97. The fraction of sp³-hybridized carbons (Fsp3) is 0.409. The van der Waals surface area contributed by atoms with Gasteiger partial charge in [0.1, 0.15) is 6.61 Å². The van der Waals surface area contributed by atoms with Crippen LogP contribution in [0.2, 0.25) is 0 Å². The minimum atomic E-state index is 0.0378. The van der Waals surface area contributed by atoms with Crippen molar-refractivity contribution in [1.82, 2.24) is 10.2 Å². The van der Waals surface area contributed by atoms with Crippen LogP contribution in [0.3, 0.4) is 0 Å². The molecule has 1 aliphatic heterocycles. The van der Waals surface area contributed by atoms with Crippen LogP contribution in [0.15, 0.2) is 54.6 Å². The van der Waals surface area contributed by atoms with Crippen molar-refractivity contribution < 1.29 is 14.3 Å². The Balaban J connectivity index is 1.50. The number of carbonyl (C=O) groups excluding carboxylic acids is 1. The Labute approximate surface area is 161 Å². The molecule has 1 fully saturated rings. The average molecular weight is 368 g/mol. The molecule has 1 N–H and O–H groups in total. The van der Waals surface area contributed by atoms with Gasteiger partial charge in [-0.2, -0.15) is 0 Å². The largest absolute Gasteiger partial charge is 0.485 e. The first kappa shape index (κ1) is 19.2. The van der Waals surface area contributed by atoms with Crippen LogP contribution in [-0.4, -0.2) is 44.1 Å². The zero-order valence-corrected chi connectivity index (χ0v) is 15.9. The fourth-order valence-electron chi connectivity index (χ4n) is 3.33. The molecule has 3 rings (SSSR count). The maximum absolute atomic E-state index is 12.5. The van der Waals surface area contributed by atoms with E-state index in [-0.39, 0.29) is 12.5 Å². The Morgan fingerprint density at radius 3 is 2.30 bits per heavy atom. The van der Waals surface area contributed by atoms with Gasteiger partial charge < -0.3 is 19.7 Å². The number of amides is 1. The van der Waals surface area contributed by atoms with Crippen molar-refractivity contribution in [3.8, 4) is 11.5 Å². The fourth-order valence-corrected chi connectivity index (χ4v) is 3.33. The first-order chi connectivity index (χ1) is 13.3. The number of carbonyl (C=O) groups is 1. The molecular weight excluding hydrogens is 340 g/mol. The summed E-state index contributed by atoms with van der Waals surface area (Å²) in [6.45, 7) is 3.14. The van der Waals surface area contributed by atoms with Crippen molar-refractivity contribution in [1.29, 1.82) is 0 Å². The molecule has 0 aromatic heterocycles. The van der Waals surface area contributed by atoms with Crippen LogP contribution in [0.5, 0.6) is 11.5 Å². The Morgan fingerprint density at radius 2 is 1.63 bits per heavy atom. The summed E-state index contributed by atoms with van der Waals surface area (Å²) in [5.41, 5.74) is 1.09. The van der Waals surface area contributed by atoms with Crippen LogP contribution < -0.4 is 14.8 Å². The normalized spacial score (nSPS) is 14.8. The van der Waals surface area contributed by atoms with Gasteiger partial charge in [-0.3, -0.25) is 4.79 Å². The van der Waals surface area contributed by atoms with Gasteiger partial charge in [-0.1, -0.05) is 42.5 Å². The second-order valence-electron chi connectivity index (χ2n) is 6.89. The molecule has 144 valence electrons. The summed E-state index contributed by atoms with van der Waals surface area (Å²) in [6, 6.07) is 17.5. The van der Waals surface area contributed by atoms with Crippen molar-refractivity contribution >= 4 is 5.91 Å². The highest BCUT2D eigenvalue weighted by Gasteiger charge is 2.22. The van der Waals surface area contributed by atoms with Gasteiger partial charge in [0.15, 0.2) is 18.1 Å². The zero-order valence-electron chi connectivity index (χ0n) is 15.9. The highest BCUT2D eigenvalue weighted by Crippen LogP contribution is 2.27. The van der Waals surface area contributed by atoms with E-state index in [1.807, 2.05) is 66.5 Å². The van der Waals surface area contributed by atoms with Crippen LogP contribution in [0.1, 0.15) is 18.4 Å². The molecule has 0 aliphatic carbocycles. The smallest absolute Gasteiger partial charge is 0.260 e. The van der Waals surface area contributed by atoms with E-state index in [4.69, 9.17) is 9.47 Å². The minimum absolute atomic E-state index is 0.0378. The maximum Gasteiger partial charge on any atom is 0.260 e. The quantitative estimate of drug-likeness (QED) is 0.778. The Hall–Kier alpha value is -2.53. The molecule has 1 amide bonds. The number of nitrogens with zero attached hydrogens (tertiary/aromatic N) is 1. The molecule has 1 saturated heterocycles. The lowest BCUT2D eigenvalue weighted by Gasteiger charge is -2.31. The van der Waals surface area contributed by atoms with Crippen LogP contribution in [0, 0.1) is 5.92 Å². The number of para-hydroxylation sites is 2. The number of nitrogens with one attached hydrogen (secondary N) is 1. The van der Waals surface area contributed by atoms with Gasteiger partial charge in [-0.15, -0.1) is 0 Å². The highest BCUT2D eigenvalue weighted by molar-refractivity contribution is 5.78. The highest BCUT2D eigenvalue weighted by atomic mass is 16.5. The Bertz CT molecular complexity index is 713. The van der Waals surface area contributed by atoms with Crippen molar-refractivity contribution in [2.75, 3.05) is 33.3 Å². The lowest BCUT2D eigenvalue weighted by molar-refractivity contribution is -0.134. The first-order valence-electron chi connectivity index (χ1n) is 9.57. The predicted molar refractivity (Wildman–Crippen MR) is 106 cm³/mol. The van der Waals surface area contributed by atoms with Crippen LogP contribution in [0.25, 0.3) is 0 Å². The molecule has 0 saturated carbocycles. The topological polar surface area (TPSA) is 50.8 Å². The molecule has 0 radical (unpaired) electrons. The van der Waals surface area contributed by atoms with Gasteiger partial charge in [0.05, 0.1) is 0 Å². The Kier molecular flexibility index (Phi) is 7.11. The molecule has 0 atom stereocenters. The molecule has 5 nitrogen and oxygen atoms in total. The lowest BCUT2D eigenvalue weighted by Crippen LogP contribution is -2.42. The monoisotopic (exact) mass is 368 g/mol. The number of hydrogen-bond acceptors (Lipinski definition) is 4. The summed E-state index contributed by atoms with van der Waals surface area (Å²) < 4.78 is 11.7. The molecule has 27 heavy (non-hydrogen) atoms. The summed E-state index contributed by atoms with van der Waals surface area (Å²) in [5, 5.41) is 3.22. The van der Waals surface area contributed by atoms with E-state index >= 15 is 0 Å². The number of rotatable bonds is 8. The second-order valence-corrected chi connectivity index (χ2v) is 6.89.